The summed E-state index contributed by atoms with van der Waals surface area (Å²) in [6, 6.07) is 19.3. The van der Waals surface area contributed by atoms with E-state index >= 15 is 0 Å². The molecule has 0 aliphatic carbocycles. The average Bonchev–Trinajstić information content (AvgIpc) is 3.14. The summed E-state index contributed by atoms with van der Waals surface area (Å²) in [7, 11) is 0. The molecule has 0 unspecified atom stereocenters. The maximum atomic E-state index is 10.2. The zero-order valence-electron chi connectivity index (χ0n) is 16.2. The molecule has 1 aliphatic heterocycles. The molecule has 0 amide bonds. The number of piperidine rings is 1. The van der Waals surface area contributed by atoms with Crippen molar-refractivity contribution in [2.45, 2.75) is 31.9 Å². The minimum Gasteiger partial charge on any atom is -0.390 e. The number of hydrogen-bond acceptors (Lipinski definition) is 3. The van der Waals surface area contributed by atoms with Crippen molar-refractivity contribution >= 4 is 21.8 Å². The molecule has 2 aromatic carbocycles. The average molecular weight is 371 g/mol. The van der Waals surface area contributed by atoms with Crippen molar-refractivity contribution in [3.8, 4) is 5.69 Å². The molecular formula is C24H25N3O. The van der Waals surface area contributed by atoms with E-state index in [0.29, 0.717) is 0 Å². The number of hydrogen-bond donors (Lipinski definition) is 1. The van der Waals surface area contributed by atoms with Crippen LogP contribution in [0.15, 0.2) is 67.0 Å². The fourth-order valence-electron chi connectivity index (χ4n) is 4.24. The molecule has 1 N–H and O–H groups in total. The molecule has 0 saturated carbocycles. The molecule has 0 radical (unpaired) electrons. The zero-order chi connectivity index (χ0) is 19.1. The Morgan fingerprint density at radius 1 is 1.04 bits per heavy atom. The first kappa shape index (κ1) is 17.4. The van der Waals surface area contributed by atoms with E-state index in [2.05, 4.69) is 69.2 Å². The smallest absolute Gasteiger partial charge is 0.0703 e. The molecule has 0 atom stereocenters. The van der Waals surface area contributed by atoms with E-state index in [4.69, 9.17) is 0 Å². The molecule has 3 heterocycles. The molecule has 1 saturated heterocycles. The van der Waals surface area contributed by atoms with Crippen molar-refractivity contribution < 1.29 is 5.11 Å². The Labute approximate surface area is 165 Å². The third-order valence-corrected chi connectivity index (χ3v) is 6.02. The van der Waals surface area contributed by atoms with E-state index in [9.17, 15) is 5.11 Å². The highest BCUT2D eigenvalue weighted by molar-refractivity contribution is 5.87. The summed E-state index contributed by atoms with van der Waals surface area (Å²) >= 11 is 0. The predicted molar refractivity (Wildman–Crippen MR) is 114 cm³/mol. The summed E-state index contributed by atoms with van der Waals surface area (Å²) in [5.41, 5.74) is 4.24. The van der Waals surface area contributed by atoms with Crippen LogP contribution in [-0.2, 0) is 6.54 Å². The first-order chi connectivity index (χ1) is 13.6. The van der Waals surface area contributed by atoms with Gasteiger partial charge >= 0.3 is 0 Å². The van der Waals surface area contributed by atoms with Crippen LogP contribution in [0.1, 0.15) is 25.3 Å². The monoisotopic (exact) mass is 371 g/mol. The Bertz CT molecular complexity index is 1130. The summed E-state index contributed by atoms with van der Waals surface area (Å²) in [4.78, 5) is 6.87. The van der Waals surface area contributed by atoms with Gasteiger partial charge in [-0.25, -0.2) is 0 Å². The molecule has 4 nitrogen and oxygen atoms in total. The van der Waals surface area contributed by atoms with Crippen LogP contribution in [0.3, 0.4) is 0 Å². The highest BCUT2D eigenvalue weighted by atomic mass is 16.3. The molecular weight excluding hydrogens is 346 g/mol. The number of nitrogens with zero attached hydrogens (tertiary/aromatic N) is 3. The Hall–Kier alpha value is -2.69. The number of aliphatic hydroxyl groups is 1. The lowest BCUT2D eigenvalue weighted by Crippen LogP contribution is -2.41. The number of fused-ring (bicyclic) bond motifs is 2. The lowest BCUT2D eigenvalue weighted by molar-refractivity contribution is -0.00720. The van der Waals surface area contributed by atoms with Crippen molar-refractivity contribution in [2.75, 3.05) is 13.1 Å². The number of benzene rings is 2. The number of pyridine rings is 1. The van der Waals surface area contributed by atoms with Crippen LogP contribution in [0.5, 0.6) is 0 Å². The molecule has 28 heavy (non-hydrogen) atoms. The van der Waals surface area contributed by atoms with E-state index in [1.807, 2.05) is 19.2 Å². The van der Waals surface area contributed by atoms with Crippen LogP contribution < -0.4 is 0 Å². The van der Waals surface area contributed by atoms with Gasteiger partial charge in [-0.15, -0.1) is 0 Å². The van der Waals surface area contributed by atoms with Crippen molar-refractivity contribution in [3.63, 3.8) is 0 Å². The normalized spacial score (nSPS) is 17.4. The molecule has 5 rings (SSSR count). The van der Waals surface area contributed by atoms with Gasteiger partial charge in [0.25, 0.3) is 0 Å². The largest absolute Gasteiger partial charge is 0.390 e. The minimum absolute atomic E-state index is 0.503. The summed E-state index contributed by atoms with van der Waals surface area (Å²) in [6.07, 6.45) is 5.68. The quantitative estimate of drug-likeness (QED) is 0.575. The first-order valence-corrected chi connectivity index (χ1v) is 9.98. The second-order valence-electron chi connectivity index (χ2n) is 8.19. The van der Waals surface area contributed by atoms with E-state index in [-0.39, 0.29) is 0 Å². The molecule has 142 valence electrons. The molecule has 2 aromatic heterocycles. The number of likely N-dealkylation sites (tertiary alicyclic amines) is 1. The van der Waals surface area contributed by atoms with Crippen molar-refractivity contribution in [1.29, 1.82) is 0 Å². The summed E-state index contributed by atoms with van der Waals surface area (Å²) in [6.45, 7) is 4.77. The molecule has 1 fully saturated rings. The van der Waals surface area contributed by atoms with Crippen LogP contribution in [0.2, 0.25) is 0 Å². The second kappa shape index (κ2) is 6.73. The van der Waals surface area contributed by atoms with Crippen LogP contribution >= 0.6 is 0 Å². The van der Waals surface area contributed by atoms with Gasteiger partial charge < -0.3 is 9.67 Å². The van der Waals surface area contributed by atoms with Gasteiger partial charge in [0.15, 0.2) is 0 Å². The van der Waals surface area contributed by atoms with Gasteiger partial charge in [0, 0.05) is 48.5 Å². The van der Waals surface area contributed by atoms with E-state index in [1.165, 1.54) is 16.5 Å². The maximum Gasteiger partial charge on any atom is 0.0703 e. The lowest BCUT2D eigenvalue weighted by Gasteiger charge is -2.35. The standard InChI is InChI=1S/C24H25N3O/c1-24(28)10-14-26(15-11-24)17-19-4-2-6-23-21(19)9-13-27(23)20-7-8-22-18(16-20)5-3-12-25-22/h2-9,12-13,16,28H,10-11,14-15,17H2,1H3. The van der Waals surface area contributed by atoms with Crippen molar-refractivity contribution in [1.82, 2.24) is 14.5 Å². The topological polar surface area (TPSA) is 41.3 Å². The summed E-state index contributed by atoms with van der Waals surface area (Å²) in [5.74, 6) is 0. The third-order valence-electron chi connectivity index (χ3n) is 6.02. The lowest BCUT2D eigenvalue weighted by atomic mass is 9.93. The van der Waals surface area contributed by atoms with Gasteiger partial charge in [-0.1, -0.05) is 18.2 Å². The Kier molecular flexibility index (Phi) is 4.18. The fourth-order valence-corrected chi connectivity index (χ4v) is 4.24. The van der Waals surface area contributed by atoms with Crippen molar-refractivity contribution in [3.05, 3.63) is 72.6 Å². The van der Waals surface area contributed by atoms with Crippen molar-refractivity contribution in [2.24, 2.45) is 0 Å². The molecule has 4 heteroatoms. The second-order valence-corrected chi connectivity index (χ2v) is 8.19. The Balaban J connectivity index is 1.48. The van der Waals surface area contributed by atoms with E-state index < -0.39 is 5.60 Å². The highest BCUT2D eigenvalue weighted by Gasteiger charge is 2.27. The molecule has 0 spiro atoms. The molecule has 0 bridgehead atoms. The van der Waals surface area contributed by atoms with Crippen LogP contribution in [0.4, 0.5) is 0 Å². The fraction of sp³-hybridized carbons (Fsp3) is 0.292. The Morgan fingerprint density at radius 2 is 1.89 bits per heavy atom. The zero-order valence-corrected chi connectivity index (χ0v) is 16.2. The minimum atomic E-state index is -0.503. The van der Waals surface area contributed by atoms with Gasteiger partial charge in [0.05, 0.1) is 16.6 Å². The van der Waals surface area contributed by atoms with Gasteiger partial charge in [-0.2, -0.15) is 0 Å². The SMILES string of the molecule is CC1(O)CCN(Cc2cccc3c2ccn3-c2ccc3ncccc3c2)CC1. The molecule has 4 aromatic rings. The third kappa shape index (κ3) is 3.19. The van der Waals surface area contributed by atoms with Gasteiger partial charge in [-0.05, 0) is 61.7 Å². The predicted octanol–water partition coefficient (Wildman–Crippen LogP) is 4.53. The highest BCUT2D eigenvalue weighted by Crippen LogP contribution is 2.28. The van der Waals surface area contributed by atoms with Crippen LogP contribution in [0.25, 0.3) is 27.5 Å². The van der Waals surface area contributed by atoms with Crippen LogP contribution in [-0.4, -0.2) is 38.2 Å². The summed E-state index contributed by atoms with van der Waals surface area (Å²) < 4.78 is 2.26. The number of aromatic nitrogens is 2. The molecule has 1 aliphatic rings. The first-order valence-electron chi connectivity index (χ1n) is 9.98. The van der Waals surface area contributed by atoms with E-state index in [1.54, 1.807) is 0 Å². The van der Waals surface area contributed by atoms with Gasteiger partial charge in [-0.3, -0.25) is 9.88 Å². The van der Waals surface area contributed by atoms with Gasteiger partial charge in [0.1, 0.15) is 0 Å². The number of rotatable bonds is 3. The maximum absolute atomic E-state index is 10.2. The van der Waals surface area contributed by atoms with Gasteiger partial charge in [0.2, 0.25) is 0 Å². The van der Waals surface area contributed by atoms with Crippen LogP contribution in [0, 0.1) is 0 Å². The van der Waals surface area contributed by atoms with E-state index in [0.717, 1.165) is 49.1 Å². The summed E-state index contributed by atoms with van der Waals surface area (Å²) in [5, 5.41) is 12.6. The Morgan fingerprint density at radius 3 is 2.75 bits per heavy atom.